The number of carbonyl (C=O) groups excluding carboxylic acids is 1. The molecular formula is C36H33BrClN3O4S. The van der Waals surface area contributed by atoms with E-state index in [1.807, 2.05) is 37.3 Å². The van der Waals surface area contributed by atoms with Crippen LogP contribution in [0.2, 0.25) is 5.02 Å². The van der Waals surface area contributed by atoms with Crippen LogP contribution in [-0.4, -0.2) is 28.8 Å². The number of para-hydroxylation sites is 1. The summed E-state index contributed by atoms with van der Waals surface area (Å²) in [5.41, 5.74) is 5.53. The molecule has 46 heavy (non-hydrogen) atoms. The lowest BCUT2D eigenvalue weighted by Gasteiger charge is -2.27. The standard InChI is InChI=1S/C36H33BrClN3O4S/c1-5-9-28-32(35(43)45-6-2)33(27-18-24(38)16-17-30(27)44-4)41-34(42)31(46-36(41)39-28)19-26-21(3)40(29-11-8-7-10-25(26)29)20-22-12-14-23(37)15-13-22/h7-8,10-19,33H,5-6,9,20H2,1-4H3/b31-19+/t33-/m1/s1. The summed E-state index contributed by atoms with van der Waals surface area (Å²) < 4.78 is 16.7. The lowest BCUT2D eigenvalue weighted by atomic mass is 9.93. The first-order chi connectivity index (χ1) is 22.2. The number of nitrogens with zero attached hydrogens (tertiary/aromatic N) is 3. The Morgan fingerprint density at radius 1 is 1.11 bits per heavy atom. The van der Waals surface area contributed by atoms with Crippen molar-refractivity contribution in [2.45, 2.75) is 46.2 Å². The van der Waals surface area contributed by atoms with Gasteiger partial charge in [0, 0.05) is 43.8 Å². The van der Waals surface area contributed by atoms with Crippen molar-refractivity contribution in [2.24, 2.45) is 4.99 Å². The van der Waals surface area contributed by atoms with Crippen molar-refractivity contribution in [1.82, 2.24) is 9.13 Å². The van der Waals surface area contributed by atoms with Gasteiger partial charge in [-0.15, -0.1) is 0 Å². The minimum absolute atomic E-state index is 0.190. The SMILES string of the molecule is CCCC1=C(C(=O)OCC)[C@@H](c2cc(Cl)ccc2OC)n2c(s/c(=C/c3c(C)n(Cc4ccc(Br)cc4)c4ccccc34)c2=O)=N1. The summed E-state index contributed by atoms with van der Waals surface area (Å²) in [6.07, 6.45) is 3.26. The van der Waals surface area contributed by atoms with Crippen molar-refractivity contribution in [1.29, 1.82) is 0 Å². The van der Waals surface area contributed by atoms with Crippen LogP contribution in [0.4, 0.5) is 0 Å². The van der Waals surface area contributed by atoms with Crippen LogP contribution in [0.25, 0.3) is 17.0 Å². The zero-order chi connectivity index (χ0) is 32.5. The minimum atomic E-state index is -0.826. The predicted molar refractivity (Wildman–Crippen MR) is 188 cm³/mol. The fraction of sp³-hybridized carbons (Fsp3) is 0.250. The molecule has 2 aromatic heterocycles. The molecule has 3 heterocycles. The zero-order valence-corrected chi connectivity index (χ0v) is 29.1. The van der Waals surface area contributed by atoms with Crippen LogP contribution in [0.3, 0.4) is 0 Å². The van der Waals surface area contributed by atoms with E-state index >= 15 is 0 Å². The molecule has 10 heteroatoms. The average Bonchev–Trinajstić information content (AvgIpc) is 3.50. The summed E-state index contributed by atoms with van der Waals surface area (Å²) in [7, 11) is 1.56. The Hall–Kier alpha value is -3.92. The van der Waals surface area contributed by atoms with Gasteiger partial charge < -0.3 is 14.0 Å². The van der Waals surface area contributed by atoms with E-state index in [9.17, 15) is 9.59 Å². The first kappa shape index (κ1) is 32.0. The van der Waals surface area contributed by atoms with Gasteiger partial charge in [-0.05, 0) is 68.3 Å². The Kier molecular flexibility index (Phi) is 9.36. The van der Waals surface area contributed by atoms with E-state index in [0.717, 1.165) is 33.1 Å². The number of methoxy groups -OCH3 is 1. The van der Waals surface area contributed by atoms with Crippen LogP contribution >= 0.6 is 38.9 Å². The molecule has 0 radical (unpaired) electrons. The van der Waals surface area contributed by atoms with E-state index in [-0.39, 0.29) is 12.2 Å². The molecule has 0 N–H and O–H groups in total. The van der Waals surface area contributed by atoms with Gasteiger partial charge in [-0.25, -0.2) is 9.79 Å². The van der Waals surface area contributed by atoms with Gasteiger partial charge in [0.2, 0.25) is 0 Å². The Morgan fingerprint density at radius 2 is 1.87 bits per heavy atom. The van der Waals surface area contributed by atoms with E-state index in [1.54, 1.807) is 36.8 Å². The van der Waals surface area contributed by atoms with Crippen LogP contribution in [0.15, 0.2) is 92.3 Å². The third-order valence-electron chi connectivity index (χ3n) is 8.19. The lowest BCUT2D eigenvalue weighted by Crippen LogP contribution is -2.40. The summed E-state index contributed by atoms with van der Waals surface area (Å²) in [4.78, 5) is 33.5. The van der Waals surface area contributed by atoms with Crippen molar-refractivity contribution in [3.05, 3.63) is 130 Å². The molecule has 7 nitrogen and oxygen atoms in total. The summed E-state index contributed by atoms with van der Waals surface area (Å²) >= 11 is 11.3. The first-order valence-electron chi connectivity index (χ1n) is 15.1. The number of carbonyl (C=O) groups is 1. The molecule has 0 aliphatic carbocycles. The molecule has 0 amide bonds. The number of thiazole rings is 1. The summed E-state index contributed by atoms with van der Waals surface area (Å²) in [6.45, 7) is 6.75. The summed E-state index contributed by atoms with van der Waals surface area (Å²) in [5, 5.41) is 1.51. The number of hydrogen-bond donors (Lipinski definition) is 0. The molecule has 6 rings (SSSR count). The zero-order valence-electron chi connectivity index (χ0n) is 26.0. The number of allylic oxidation sites excluding steroid dienone is 1. The van der Waals surface area contributed by atoms with Crippen molar-refractivity contribution < 1.29 is 14.3 Å². The highest BCUT2D eigenvalue weighted by atomic mass is 79.9. The van der Waals surface area contributed by atoms with Crippen LogP contribution in [0, 0.1) is 6.92 Å². The first-order valence-corrected chi connectivity index (χ1v) is 17.1. The monoisotopic (exact) mass is 717 g/mol. The van der Waals surface area contributed by atoms with Crippen LogP contribution in [0.1, 0.15) is 55.1 Å². The second kappa shape index (κ2) is 13.4. The molecule has 1 aliphatic rings. The van der Waals surface area contributed by atoms with Gasteiger partial charge in [0.1, 0.15) is 11.8 Å². The van der Waals surface area contributed by atoms with Gasteiger partial charge in [0.05, 0.1) is 29.5 Å². The average molecular weight is 719 g/mol. The van der Waals surface area contributed by atoms with Gasteiger partial charge >= 0.3 is 5.97 Å². The largest absolute Gasteiger partial charge is 0.496 e. The van der Waals surface area contributed by atoms with Crippen molar-refractivity contribution in [3.8, 4) is 5.75 Å². The van der Waals surface area contributed by atoms with Gasteiger partial charge in [0.15, 0.2) is 4.80 Å². The van der Waals surface area contributed by atoms with Crippen molar-refractivity contribution >= 4 is 61.8 Å². The fourth-order valence-corrected chi connectivity index (χ4v) is 7.53. The fourth-order valence-electron chi connectivity index (χ4n) is 6.08. The van der Waals surface area contributed by atoms with Crippen LogP contribution in [-0.2, 0) is 16.1 Å². The lowest BCUT2D eigenvalue weighted by molar-refractivity contribution is -0.139. The highest BCUT2D eigenvalue weighted by molar-refractivity contribution is 9.10. The molecule has 1 aliphatic heterocycles. The molecule has 5 aromatic rings. The van der Waals surface area contributed by atoms with E-state index in [2.05, 4.69) is 51.7 Å². The maximum absolute atomic E-state index is 14.5. The van der Waals surface area contributed by atoms with Crippen molar-refractivity contribution in [2.75, 3.05) is 13.7 Å². The van der Waals surface area contributed by atoms with E-state index in [1.165, 1.54) is 16.9 Å². The summed E-state index contributed by atoms with van der Waals surface area (Å²) in [5.74, 6) is -0.00162. The van der Waals surface area contributed by atoms with Gasteiger partial charge in [-0.2, -0.15) is 0 Å². The van der Waals surface area contributed by atoms with Crippen molar-refractivity contribution in [3.63, 3.8) is 0 Å². The number of ether oxygens (including phenoxy) is 2. The molecule has 236 valence electrons. The van der Waals surface area contributed by atoms with Gasteiger partial charge in [0.25, 0.3) is 5.56 Å². The highest BCUT2D eigenvalue weighted by Gasteiger charge is 2.36. The predicted octanol–water partition coefficient (Wildman–Crippen LogP) is 7.31. The number of rotatable bonds is 9. The minimum Gasteiger partial charge on any atom is -0.496 e. The Balaban J connectivity index is 1.59. The number of benzene rings is 3. The Bertz CT molecular complexity index is 2180. The van der Waals surface area contributed by atoms with E-state index < -0.39 is 12.0 Å². The molecule has 1 atom stereocenters. The third-order valence-corrected chi connectivity index (χ3v) is 9.93. The number of hydrogen-bond acceptors (Lipinski definition) is 6. The van der Waals surface area contributed by atoms with E-state index in [4.69, 9.17) is 26.1 Å². The second-order valence-corrected chi connectivity index (χ2v) is 13.4. The highest BCUT2D eigenvalue weighted by Crippen LogP contribution is 2.38. The molecule has 0 bridgehead atoms. The van der Waals surface area contributed by atoms with Crippen LogP contribution < -0.4 is 19.6 Å². The molecule has 3 aromatic carbocycles. The maximum atomic E-state index is 14.5. The molecule has 0 spiro atoms. The Morgan fingerprint density at radius 3 is 2.59 bits per heavy atom. The quantitative estimate of drug-likeness (QED) is 0.150. The second-order valence-electron chi connectivity index (χ2n) is 11.0. The molecule has 0 unspecified atom stereocenters. The number of fused-ring (bicyclic) bond motifs is 2. The maximum Gasteiger partial charge on any atom is 0.338 e. The van der Waals surface area contributed by atoms with E-state index in [0.29, 0.717) is 49.9 Å². The third kappa shape index (κ3) is 5.87. The van der Waals surface area contributed by atoms with Gasteiger partial charge in [-0.1, -0.05) is 82.5 Å². The topological polar surface area (TPSA) is 74.8 Å². The molecule has 0 saturated heterocycles. The smallest absolute Gasteiger partial charge is 0.338 e. The number of halogens is 2. The normalized spacial score (nSPS) is 14.8. The molecule has 0 fully saturated rings. The molecule has 0 saturated carbocycles. The van der Waals surface area contributed by atoms with Crippen LogP contribution in [0.5, 0.6) is 5.75 Å². The van der Waals surface area contributed by atoms with Gasteiger partial charge in [-0.3, -0.25) is 9.36 Å². The Labute approximate surface area is 284 Å². The number of esters is 1. The molecular weight excluding hydrogens is 686 g/mol. The summed E-state index contributed by atoms with van der Waals surface area (Å²) in [6, 6.07) is 20.9. The number of aromatic nitrogens is 2.